The van der Waals surface area contributed by atoms with Gasteiger partial charge in [-0.25, -0.2) is 14.8 Å². The molecule has 32 heavy (non-hydrogen) atoms. The van der Waals surface area contributed by atoms with Crippen molar-refractivity contribution < 1.29 is 14.3 Å². The molecule has 4 rings (SSSR count). The van der Waals surface area contributed by atoms with Crippen molar-refractivity contribution in [3.8, 4) is 11.5 Å². The third-order valence-electron chi connectivity index (χ3n) is 6.03. The molecule has 2 aliphatic heterocycles. The molecule has 2 amide bonds. The van der Waals surface area contributed by atoms with Gasteiger partial charge in [0.1, 0.15) is 29.0 Å². The van der Waals surface area contributed by atoms with Gasteiger partial charge in [0.2, 0.25) is 0 Å². The maximum atomic E-state index is 12.8. The Bertz CT molecular complexity index is 939. The molecule has 0 radical (unpaired) electrons. The van der Waals surface area contributed by atoms with Crippen molar-refractivity contribution in [3.05, 3.63) is 30.1 Å². The molecule has 2 aliphatic rings. The zero-order valence-corrected chi connectivity index (χ0v) is 19.1. The number of nitrogens with zero attached hydrogens (tertiary/aromatic N) is 5. The topological polar surface area (TPSA) is 83.1 Å². The fourth-order valence-electron chi connectivity index (χ4n) is 4.22. The molecule has 1 aromatic heterocycles. The Labute approximate surface area is 189 Å². The van der Waals surface area contributed by atoms with Crippen LogP contribution in [-0.2, 0) is 0 Å². The molecule has 0 bridgehead atoms. The molecule has 0 spiro atoms. The molecular formula is C23H32N6O3. The summed E-state index contributed by atoms with van der Waals surface area (Å²) >= 11 is 0. The third kappa shape index (κ3) is 4.98. The Morgan fingerprint density at radius 1 is 0.875 bits per heavy atom. The summed E-state index contributed by atoms with van der Waals surface area (Å²) in [7, 11) is 3.17. The van der Waals surface area contributed by atoms with E-state index in [0.29, 0.717) is 30.3 Å². The minimum Gasteiger partial charge on any atom is -0.497 e. The number of hydrogen-bond donors (Lipinski definition) is 1. The molecule has 1 aromatic carbocycles. The Kier molecular flexibility index (Phi) is 6.82. The number of carbonyl (C=O) groups is 1. The molecule has 9 heteroatoms. The van der Waals surface area contributed by atoms with Gasteiger partial charge in [-0.15, -0.1) is 0 Å². The highest BCUT2D eigenvalue weighted by atomic mass is 16.5. The number of rotatable bonds is 5. The maximum Gasteiger partial charge on any atom is 0.322 e. The number of benzene rings is 1. The molecule has 3 heterocycles. The summed E-state index contributed by atoms with van der Waals surface area (Å²) in [5, 5.41) is 2.95. The molecule has 172 valence electrons. The normalized spacial score (nSPS) is 16.7. The highest BCUT2D eigenvalue weighted by Gasteiger charge is 2.24. The number of anilines is 3. The van der Waals surface area contributed by atoms with Crippen LogP contribution in [0.3, 0.4) is 0 Å². The first-order valence-electron chi connectivity index (χ1n) is 11.2. The molecule has 0 saturated carbocycles. The number of methoxy groups -OCH3 is 2. The van der Waals surface area contributed by atoms with Crippen LogP contribution in [-0.4, -0.2) is 74.4 Å². The van der Waals surface area contributed by atoms with Crippen LogP contribution in [0, 0.1) is 6.92 Å². The highest BCUT2D eigenvalue weighted by molar-refractivity contribution is 5.91. The summed E-state index contributed by atoms with van der Waals surface area (Å²) in [6.07, 6.45) is 3.72. The summed E-state index contributed by atoms with van der Waals surface area (Å²) in [5.74, 6) is 3.99. The van der Waals surface area contributed by atoms with Crippen LogP contribution in [0.1, 0.15) is 25.1 Å². The van der Waals surface area contributed by atoms with Crippen LogP contribution in [0.15, 0.2) is 24.3 Å². The van der Waals surface area contributed by atoms with Crippen LogP contribution in [0.2, 0.25) is 0 Å². The predicted octanol–water partition coefficient (Wildman–Crippen LogP) is 3.15. The van der Waals surface area contributed by atoms with Crippen molar-refractivity contribution in [1.82, 2.24) is 14.9 Å². The van der Waals surface area contributed by atoms with Gasteiger partial charge in [-0.2, -0.15) is 0 Å². The molecule has 2 aromatic rings. The van der Waals surface area contributed by atoms with E-state index in [2.05, 4.69) is 31.2 Å². The van der Waals surface area contributed by atoms with Gasteiger partial charge in [-0.05, 0) is 38.3 Å². The van der Waals surface area contributed by atoms with Crippen LogP contribution in [0.5, 0.6) is 11.5 Å². The van der Waals surface area contributed by atoms with E-state index in [0.717, 1.165) is 43.6 Å². The van der Waals surface area contributed by atoms with E-state index in [-0.39, 0.29) is 6.03 Å². The van der Waals surface area contributed by atoms with E-state index >= 15 is 0 Å². The minimum absolute atomic E-state index is 0.138. The molecule has 0 aliphatic carbocycles. The van der Waals surface area contributed by atoms with Crippen molar-refractivity contribution in [3.63, 3.8) is 0 Å². The summed E-state index contributed by atoms with van der Waals surface area (Å²) in [6.45, 7) is 6.74. The van der Waals surface area contributed by atoms with E-state index in [1.54, 1.807) is 32.4 Å². The summed E-state index contributed by atoms with van der Waals surface area (Å²) in [5.41, 5.74) is 0.623. The Morgan fingerprint density at radius 3 is 2.16 bits per heavy atom. The molecule has 1 N–H and O–H groups in total. The third-order valence-corrected chi connectivity index (χ3v) is 6.03. The van der Waals surface area contributed by atoms with Gasteiger partial charge in [0.15, 0.2) is 0 Å². The maximum absolute atomic E-state index is 12.8. The van der Waals surface area contributed by atoms with Crippen molar-refractivity contribution in [2.45, 2.75) is 26.2 Å². The number of urea groups is 1. The van der Waals surface area contributed by atoms with Crippen molar-refractivity contribution in [2.75, 3.05) is 68.6 Å². The lowest BCUT2D eigenvalue weighted by Gasteiger charge is -2.36. The van der Waals surface area contributed by atoms with Gasteiger partial charge in [-0.3, -0.25) is 0 Å². The summed E-state index contributed by atoms with van der Waals surface area (Å²) in [6, 6.07) is 7.30. The Hall–Kier alpha value is -3.23. The average Bonchev–Trinajstić information content (AvgIpc) is 2.84. The zero-order valence-electron chi connectivity index (χ0n) is 19.1. The summed E-state index contributed by atoms with van der Waals surface area (Å²) < 4.78 is 10.6. The second-order valence-electron chi connectivity index (χ2n) is 8.15. The first-order chi connectivity index (χ1) is 15.6. The number of piperidine rings is 1. The Morgan fingerprint density at radius 2 is 1.53 bits per heavy atom. The fraction of sp³-hybridized carbons (Fsp3) is 0.522. The number of aryl methyl sites for hydroxylation is 1. The SMILES string of the molecule is COc1ccc(NC(=O)N2CCN(c3cc(N4CCCCC4)nc(C)n3)CC2)c(OC)c1. The fourth-order valence-corrected chi connectivity index (χ4v) is 4.22. The van der Waals surface area contributed by atoms with Crippen molar-refractivity contribution in [2.24, 2.45) is 0 Å². The number of piperazine rings is 1. The van der Waals surface area contributed by atoms with Gasteiger partial charge in [0.05, 0.1) is 19.9 Å². The molecular weight excluding hydrogens is 408 g/mol. The lowest BCUT2D eigenvalue weighted by Crippen LogP contribution is -2.50. The molecule has 0 unspecified atom stereocenters. The summed E-state index contributed by atoms with van der Waals surface area (Å²) in [4.78, 5) is 28.6. The Balaban J connectivity index is 1.38. The van der Waals surface area contributed by atoms with Crippen molar-refractivity contribution in [1.29, 1.82) is 0 Å². The molecule has 2 saturated heterocycles. The average molecular weight is 441 g/mol. The molecule has 0 atom stereocenters. The van der Waals surface area contributed by atoms with Crippen LogP contribution < -0.4 is 24.6 Å². The van der Waals surface area contributed by atoms with E-state index < -0.39 is 0 Å². The van der Waals surface area contributed by atoms with E-state index in [9.17, 15) is 4.79 Å². The minimum atomic E-state index is -0.138. The predicted molar refractivity (Wildman–Crippen MR) is 125 cm³/mol. The first kappa shape index (κ1) is 22.0. The molecule has 2 fully saturated rings. The number of nitrogens with one attached hydrogen (secondary N) is 1. The first-order valence-corrected chi connectivity index (χ1v) is 11.2. The number of carbonyl (C=O) groups excluding carboxylic acids is 1. The van der Waals surface area contributed by atoms with Gasteiger partial charge in [0, 0.05) is 51.4 Å². The van der Waals surface area contributed by atoms with Crippen molar-refractivity contribution >= 4 is 23.4 Å². The van der Waals surface area contributed by atoms with Gasteiger partial charge >= 0.3 is 6.03 Å². The van der Waals surface area contributed by atoms with E-state index in [1.165, 1.54) is 19.3 Å². The number of hydrogen-bond acceptors (Lipinski definition) is 7. The number of ether oxygens (including phenoxy) is 2. The highest BCUT2D eigenvalue weighted by Crippen LogP contribution is 2.29. The van der Waals surface area contributed by atoms with E-state index in [4.69, 9.17) is 9.47 Å². The molecule has 9 nitrogen and oxygen atoms in total. The smallest absolute Gasteiger partial charge is 0.322 e. The standard InChI is InChI=1S/C23H32N6O3/c1-17-24-21(27-9-5-4-6-10-27)16-22(25-17)28-11-13-29(14-12-28)23(30)26-19-8-7-18(31-2)15-20(19)32-3/h7-8,15-16H,4-6,9-14H2,1-3H3,(H,26,30). The monoisotopic (exact) mass is 440 g/mol. The van der Waals surface area contributed by atoms with Gasteiger partial charge < -0.3 is 29.5 Å². The van der Waals surface area contributed by atoms with Crippen LogP contribution >= 0.6 is 0 Å². The van der Waals surface area contributed by atoms with Crippen LogP contribution in [0.25, 0.3) is 0 Å². The lowest BCUT2D eigenvalue weighted by molar-refractivity contribution is 0.208. The van der Waals surface area contributed by atoms with E-state index in [1.807, 2.05) is 11.8 Å². The van der Waals surface area contributed by atoms with Gasteiger partial charge in [-0.1, -0.05) is 0 Å². The largest absolute Gasteiger partial charge is 0.497 e. The number of amides is 2. The second-order valence-corrected chi connectivity index (χ2v) is 8.15. The number of aromatic nitrogens is 2. The van der Waals surface area contributed by atoms with Crippen LogP contribution in [0.4, 0.5) is 22.1 Å². The quantitative estimate of drug-likeness (QED) is 0.765. The second kappa shape index (κ2) is 9.93. The van der Waals surface area contributed by atoms with Gasteiger partial charge in [0.25, 0.3) is 0 Å². The lowest BCUT2D eigenvalue weighted by atomic mass is 10.1. The zero-order chi connectivity index (χ0) is 22.5.